The fourth-order valence-corrected chi connectivity index (χ4v) is 2.89. The molecule has 0 aliphatic heterocycles. The zero-order valence-corrected chi connectivity index (χ0v) is 15.7. The van der Waals surface area contributed by atoms with Gasteiger partial charge in [-0.25, -0.2) is 0 Å². The minimum atomic E-state index is -0.114. The van der Waals surface area contributed by atoms with Crippen molar-refractivity contribution >= 4 is 11.6 Å². The van der Waals surface area contributed by atoms with E-state index in [1.807, 2.05) is 66.7 Å². The summed E-state index contributed by atoms with van der Waals surface area (Å²) in [5.41, 5.74) is 4.20. The van der Waals surface area contributed by atoms with Crippen molar-refractivity contribution < 1.29 is 9.32 Å². The third-order valence-corrected chi connectivity index (χ3v) is 4.42. The van der Waals surface area contributed by atoms with Gasteiger partial charge in [-0.2, -0.15) is 0 Å². The minimum Gasteiger partial charge on any atom is -0.378 e. The number of nitrogens with zero attached hydrogens (tertiary/aromatic N) is 2. The second-order valence-corrected chi connectivity index (χ2v) is 6.52. The number of hydrogen-bond acceptors (Lipinski definition) is 5. The topological polar surface area (TPSA) is 80.0 Å². The third-order valence-electron chi connectivity index (χ3n) is 4.42. The molecule has 2 N–H and O–H groups in total. The molecule has 0 saturated carbocycles. The van der Waals surface area contributed by atoms with Gasteiger partial charge in [-0.15, -0.1) is 0 Å². The zero-order chi connectivity index (χ0) is 19.9. The molecule has 0 unspecified atom stereocenters. The summed E-state index contributed by atoms with van der Waals surface area (Å²) in [6.07, 6.45) is 3.44. The molecule has 0 atom stereocenters. The molecule has 2 aromatic carbocycles. The lowest BCUT2D eigenvalue weighted by atomic mass is 10.1. The highest BCUT2D eigenvalue weighted by Crippen LogP contribution is 2.19. The van der Waals surface area contributed by atoms with Crippen molar-refractivity contribution in [2.24, 2.45) is 0 Å². The summed E-state index contributed by atoms with van der Waals surface area (Å²) in [4.78, 5) is 16.4. The van der Waals surface area contributed by atoms with Crippen LogP contribution >= 0.6 is 0 Å². The van der Waals surface area contributed by atoms with Crippen molar-refractivity contribution in [3.8, 4) is 11.3 Å². The molecule has 0 saturated heterocycles. The van der Waals surface area contributed by atoms with E-state index >= 15 is 0 Å². The van der Waals surface area contributed by atoms with Crippen LogP contribution in [0.3, 0.4) is 0 Å². The van der Waals surface area contributed by atoms with Crippen molar-refractivity contribution in [3.05, 3.63) is 102 Å². The maximum absolute atomic E-state index is 12.4. The molecule has 4 rings (SSSR count). The quantitative estimate of drug-likeness (QED) is 0.497. The molecular formula is C23H20N4O2. The van der Waals surface area contributed by atoms with Crippen LogP contribution in [0.1, 0.15) is 21.7 Å². The van der Waals surface area contributed by atoms with E-state index in [-0.39, 0.29) is 5.91 Å². The molecule has 1 amide bonds. The second-order valence-electron chi connectivity index (χ2n) is 6.52. The van der Waals surface area contributed by atoms with Crippen LogP contribution in [0.25, 0.3) is 11.3 Å². The van der Waals surface area contributed by atoms with Crippen LogP contribution in [0, 0.1) is 0 Å². The van der Waals surface area contributed by atoms with E-state index in [9.17, 15) is 4.79 Å². The Bertz CT molecular complexity index is 1080. The molecule has 0 spiro atoms. The number of pyridine rings is 1. The molecule has 0 fully saturated rings. The van der Waals surface area contributed by atoms with Crippen molar-refractivity contribution in [2.75, 3.05) is 5.32 Å². The molecule has 6 heteroatoms. The molecule has 0 aliphatic carbocycles. The number of aromatic nitrogens is 2. The van der Waals surface area contributed by atoms with E-state index in [1.54, 1.807) is 18.5 Å². The number of benzene rings is 2. The highest BCUT2D eigenvalue weighted by Gasteiger charge is 2.08. The summed E-state index contributed by atoms with van der Waals surface area (Å²) in [7, 11) is 0. The van der Waals surface area contributed by atoms with Gasteiger partial charge in [0.15, 0.2) is 5.76 Å². The number of nitrogens with one attached hydrogen (secondary N) is 2. The van der Waals surface area contributed by atoms with Crippen molar-refractivity contribution in [2.45, 2.75) is 13.1 Å². The molecule has 29 heavy (non-hydrogen) atoms. The van der Waals surface area contributed by atoms with Gasteiger partial charge in [-0.1, -0.05) is 41.6 Å². The van der Waals surface area contributed by atoms with Crippen LogP contribution < -0.4 is 10.6 Å². The molecule has 0 bridgehead atoms. The van der Waals surface area contributed by atoms with E-state index in [0.29, 0.717) is 24.4 Å². The van der Waals surface area contributed by atoms with Gasteiger partial charge in [0.1, 0.15) is 5.69 Å². The monoisotopic (exact) mass is 384 g/mol. The van der Waals surface area contributed by atoms with Gasteiger partial charge in [0.05, 0.1) is 6.54 Å². The van der Waals surface area contributed by atoms with E-state index < -0.39 is 0 Å². The Balaban J connectivity index is 1.35. The smallest absolute Gasteiger partial charge is 0.251 e. The minimum absolute atomic E-state index is 0.114. The van der Waals surface area contributed by atoms with Gasteiger partial charge in [-0.3, -0.25) is 9.78 Å². The predicted molar refractivity (Wildman–Crippen MR) is 111 cm³/mol. The van der Waals surface area contributed by atoms with E-state index in [2.05, 4.69) is 20.8 Å². The summed E-state index contributed by atoms with van der Waals surface area (Å²) in [6.45, 7) is 0.959. The summed E-state index contributed by atoms with van der Waals surface area (Å²) in [5.74, 6) is 0.591. The fraction of sp³-hybridized carbons (Fsp3) is 0.0870. The maximum Gasteiger partial charge on any atom is 0.251 e. The number of hydrogen-bond donors (Lipinski definition) is 2. The molecule has 2 aromatic heterocycles. The molecule has 2 heterocycles. The summed E-state index contributed by atoms with van der Waals surface area (Å²) in [5, 5.41) is 10.3. The first kappa shape index (κ1) is 18.4. The zero-order valence-electron chi connectivity index (χ0n) is 15.7. The first-order chi connectivity index (χ1) is 14.3. The van der Waals surface area contributed by atoms with Gasteiger partial charge in [0.2, 0.25) is 0 Å². The van der Waals surface area contributed by atoms with Crippen molar-refractivity contribution in [1.29, 1.82) is 0 Å². The number of anilines is 1. The lowest BCUT2D eigenvalue weighted by molar-refractivity contribution is 0.0951. The average Bonchev–Trinajstić information content (AvgIpc) is 3.27. The standard InChI is InChI=1S/C23H20N4O2/c28-23(26-15-17-5-2-1-3-6-17)19-7-4-8-20(13-19)25-16-21-14-22(27-29-21)18-9-11-24-12-10-18/h1-14,25H,15-16H2,(H,26,28). The lowest BCUT2D eigenvalue weighted by Crippen LogP contribution is -2.22. The number of carbonyl (C=O) groups is 1. The Morgan fingerprint density at radius 3 is 2.55 bits per heavy atom. The van der Waals surface area contributed by atoms with E-state index in [0.717, 1.165) is 22.5 Å². The Labute approximate surface area is 168 Å². The van der Waals surface area contributed by atoms with Gasteiger partial charge < -0.3 is 15.2 Å². The van der Waals surface area contributed by atoms with Crippen LogP contribution in [0.15, 0.2) is 89.7 Å². The van der Waals surface area contributed by atoms with E-state index in [4.69, 9.17) is 4.52 Å². The largest absolute Gasteiger partial charge is 0.378 e. The molecule has 0 aliphatic rings. The Morgan fingerprint density at radius 2 is 1.72 bits per heavy atom. The van der Waals surface area contributed by atoms with Gasteiger partial charge >= 0.3 is 0 Å². The predicted octanol–water partition coefficient (Wildman–Crippen LogP) is 4.28. The number of rotatable bonds is 7. The molecule has 6 nitrogen and oxygen atoms in total. The van der Waals surface area contributed by atoms with Gasteiger partial charge in [0, 0.05) is 41.8 Å². The Morgan fingerprint density at radius 1 is 0.897 bits per heavy atom. The van der Waals surface area contributed by atoms with Gasteiger partial charge in [-0.05, 0) is 35.9 Å². The third kappa shape index (κ3) is 4.87. The first-order valence-electron chi connectivity index (χ1n) is 9.30. The summed E-state index contributed by atoms with van der Waals surface area (Å²) >= 11 is 0. The molecular weight excluding hydrogens is 364 g/mol. The van der Waals surface area contributed by atoms with Crippen molar-refractivity contribution in [3.63, 3.8) is 0 Å². The molecule has 0 radical (unpaired) electrons. The lowest BCUT2D eigenvalue weighted by Gasteiger charge is -2.08. The fourth-order valence-electron chi connectivity index (χ4n) is 2.89. The van der Waals surface area contributed by atoms with Crippen molar-refractivity contribution in [1.82, 2.24) is 15.5 Å². The second kappa shape index (κ2) is 8.84. The maximum atomic E-state index is 12.4. The van der Waals surface area contributed by atoms with Crippen LogP contribution in [-0.4, -0.2) is 16.0 Å². The highest BCUT2D eigenvalue weighted by atomic mass is 16.5. The average molecular weight is 384 g/mol. The van der Waals surface area contributed by atoms with E-state index in [1.165, 1.54) is 0 Å². The van der Waals surface area contributed by atoms with Crippen LogP contribution in [0.2, 0.25) is 0 Å². The normalized spacial score (nSPS) is 10.5. The van der Waals surface area contributed by atoms with Crippen LogP contribution in [0.4, 0.5) is 5.69 Å². The Hall–Kier alpha value is -3.93. The van der Waals surface area contributed by atoms with Gasteiger partial charge in [0.25, 0.3) is 5.91 Å². The Kier molecular flexibility index (Phi) is 5.62. The SMILES string of the molecule is O=C(NCc1ccccc1)c1cccc(NCc2cc(-c3ccncc3)no2)c1. The summed E-state index contributed by atoms with van der Waals surface area (Å²) < 4.78 is 5.39. The van der Waals surface area contributed by atoms with Crippen LogP contribution in [-0.2, 0) is 13.1 Å². The molecule has 144 valence electrons. The van der Waals surface area contributed by atoms with Crippen LogP contribution in [0.5, 0.6) is 0 Å². The number of carbonyl (C=O) groups excluding carboxylic acids is 1. The highest BCUT2D eigenvalue weighted by molar-refractivity contribution is 5.95. The number of amides is 1. The first-order valence-corrected chi connectivity index (χ1v) is 9.30. The summed E-state index contributed by atoms with van der Waals surface area (Å²) in [6, 6.07) is 22.8. The molecule has 4 aromatic rings.